The van der Waals surface area contributed by atoms with Crippen molar-refractivity contribution in [3.05, 3.63) is 58.1 Å². The van der Waals surface area contributed by atoms with E-state index in [1.165, 1.54) is 17.7 Å². The number of likely N-dealkylation sites (tertiary alicyclic amines) is 1. The number of benzene rings is 1. The summed E-state index contributed by atoms with van der Waals surface area (Å²) in [7, 11) is 0. The maximum absolute atomic E-state index is 13.4. The average Bonchev–Trinajstić information content (AvgIpc) is 3.67. The number of rotatable bonds is 5. The van der Waals surface area contributed by atoms with Crippen molar-refractivity contribution in [3.63, 3.8) is 0 Å². The zero-order valence-electron chi connectivity index (χ0n) is 22.9. The van der Waals surface area contributed by atoms with E-state index in [1.54, 1.807) is 15.9 Å². The highest BCUT2D eigenvalue weighted by molar-refractivity contribution is 7.13. The quantitative estimate of drug-likeness (QED) is 0.505. The van der Waals surface area contributed by atoms with Crippen LogP contribution in [0.2, 0.25) is 0 Å². The Bertz CT molecular complexity index is 1340. The molecule has 2 bridgehead atoms. The number of aromatic nitrogens is 4. The molecule has 11 nitrogen and oxygen atoms in total. The number of thiazole rings is 1. The van der Waals surface area contributed by atoms with E-state index in [4.69, 9.17) is 4.74 Å². The average molecular weight is 566 g/mol. The summed E-state index contributed by atoms with van der Waals surface area (Å²) in [6, 6.07) is 7.63. The van der Waals surface area contributed by atoms with E-state index in [-0.39, 0.29) is 36.2 Å². The molecule has 2 aliphatic rings. The number of carbonyl (C=O) groups is 3. The van der Waals surface area contributed by atoms with Crippen molar-refractivity contribution >= 4 is 29.1 Å². The molecule has 4 heterocycles. The van der Waals surface area contributed by atoms with Crippen LogP contribution in [0.15, 0.2) is 36.9 Å². The Balaban J connectivity index is 1.32. The van der Waals surface area contributed by atoms with Gasteiger partial charge in [0.05, 0.1) is 29.9 Å². The van der Waals surface area contributed by atoms with Crippen molar-refractivity contribution < 1.29 is 19.1 Å². The summed E-state index contributed by atoms with van der Waals surface area (Å²) in [5.41, 5.74) is 1.70. The number of hydrogen-bond acceptors (Lipinski definition) is 8. The lowest BCUT2D eigenvalue weighted by atomic mass is 9.94. The first-order valence-corrected chi connectivity index (χ1v) is 14.5. The maximum Gasteiger partial charge on any atom is 0.266 e. The Morgan fingerprint density at radius 1 is 1.18 bits per heavy atom. The summed E-state index contributed by atoms with van der Waals surface area (Å²) in [6.07, 6.45) is 5.61. The molecule has 5 rings (SSSR count). The lowest BCUT2D eigenvalue weighted by Crippen LogP contribution is -2.47. The highest BCUT2D eigenvalue weighted by Gasteiger charge is 2.37. The summed E-state index contributed by atoms with van der Waals surface area (Å²) in [6.45, 7) is 6.12. The van der Waals surface area contributed by atoms with Gasteiger partial charge in [0.15, 0.2) is 0 Å². The molecule has 12 heteroatoms. The predicted molar refractivity (Wildman–Crippen MR) is 149 cm³/mol. The first kappa shape index (κ1) is 27.8. The molecule has 40 heavy (non-hydrogen) atoms. The molecule has 1 aromatic carbocycles. The number of ether oxygens (including phenoxy) is 1. The van der Waals surface area contributed by atoms with Gasteiger partial charge < -0.3 is 19.9 Å². The predicted octanol–water partition coefficient (Wildman–Crippen LogP) is 2.56. The topological polar surface area (TPSA) is 123 Å². The summed E-state index contributed by atoms with van der Waals surface area (Å²) in [4.78, 5) is 52.3. The minimum atomic E-state index is -0.283. The Morgan fingerprint density at radius 2 is 2.05 bits per heavy atom. The molecule has 1 saturated heterocycles. The lowest BCUT2D eigenvalue weighted by molar-refractivity contribution is -0.130. The van der Waals surface area contributed by atoms with Crippen LogP contribution in [0.3, 0.4) is 0 Å². The third kappa shape index (κ3) is 6.67. The zero-order chi connectivity index (χ0) is 28.1. The smallest absolute Gasteiger partial charge is 0.266 e. The Morgan fingerprint density at radius 3 is 2.83 bits per heavy atom. The van der Waals surface area contributed by atoms with Crippen LogP contribution in [-0.2, 0) is 16.1 Å². The largest absolute Gasteiger partial charge is 0.494 e. The van der Waals surface area contributed by atoms with Crippen LogP contribution in [0.1, 0.15) is 57.5 Å². The highest BCUT2D eigenvalue weighted by atomic mass is 32.1. The zero-order valence-corrected chi connectivity index (χ0v) is 23.7. The fraction of sp³-hybridized carbons (Fsp3) is 0.500. The molecule has 2 atom stereocenters. The molecule has 2 aromatic heterocycles. The highest BCUT2D eigenvalue weighted by Crippen LogP contribution is 2.31. The van der Waals surface area contributed by atoms with Gasteiger partial charge in [0.1, 0.15) is 23.3 Å². The van der Waals surface area contributed by atoms with Crippen molar-refractivity contribution in [3.8, 4) is 5.75 Å². The first-order chi connectivity index (χ1) is 19.4. The van der Waals surface area contributed by atoms with Gasteiger partial charge in [-0.3, -0.25) is 19.1 Å². The van der Waals surface area contributed by atoms with Crippen molar-refractivity contribution in [2.75, 3.05) is 32.8 Å². The van der Waals surface area contributed by atoms with E-state index in [9.17, 15) is 14.4 Å². The molecule has 0 aliphatic carbocycles. The minimum absolute atomic E-state index is 0.0417. The summed E-state index contributed by atoms with van der Waals surface area (Å²) < 4.78 is 7.75. The second-order valence-corrected chi connectivity index (χ2v) is 11.5. The van der Waals surface area contributed by atoms with Gasteiger partial charge in [0.25, 0.3) is 5.91 Å². The van der Waals surface area contributed by atoms with Gasteiger partial charge in [0.2, 0.25) is 11.8 Å². The second-order valence-electron chi connectivity index (χ2n) is 10.3. The molecule has 212 valence electrons. The third-order valence-corrected chi connectivity index (χ3v) is 8.42. The number of hydrogen-bond donors (Lipinski definition) is 1. The summed E-state index contributed by atoms with van der Waals surface area (Å²) >= 11 is 1.35. The van der Waals surface area contributed by atoms with E-state index in [0.717, 1.165) is 22.7 Å². The fourth-order valence-electron chi connectivity index (χ4n) is 5.37. The number of nitrogens with zero attached hydrogens (tertiary/aromatic N) is 6. The standard InChI is InChI=1S/C28H35N7O4S/c1-19-27(40-20(2)31-19)28(38)33-10-3-4-12-39-22-8-5-7-21(13-22)23-14-34(15-24(23)32-25(36)16-33)26(37)9-6-11-35-18-29-17-30-35/h5,7-8,13,17-18,23-24H,3-4,6,9-12,14-16H2,1-2H3,(H,32,36)/t23-,24+/m1/s1. The van der Waals surface area contributed by atoms with Crippen LogP contribution >= 0.6 is 11.3 Å². The van der Waals surface area contributed by atoms with Gasteiger partial charge in [0, 0.05) is 38.5 Å². The van der Waals surface area contributed by atoms with Gasteiger partial charge in [-0.15, -0.1) is 11.3 Å². The molecular weight excluding hydrogens is 530 g/mol. The molecule has 0 saturated carbocycles. The lowest BCUT2D eigenvalue weighted by Gasteiger charge is -2.25. The third-order valence-electron chi connectivity index (χ3n) is 7.36. The molecule has 3 aromatic rings. The molecule has 1 N–H and O–H groups in total. The minimum Gasteiger partial charge on any atom is -0.494 e. The molecule has 0 spiro atoms. The van der Waals surface area contributed by atoms with Gasteiger partial charge >= 0.3 is 0 Å². The summed E-state index contributed by atoms with van der Waals surface area (Å²) in [5.74, 6) is 0.307. The van der Waals surface area contributed by atoms with Crippen LogP contribution < -0.4 is 10.1 Å². The molecule has 3 amide bonds. The number of nitrogens with one attached hydrogen (secondary N) is 1. The Labute approximate surface area is 237 Å². The van der Waals surface area contributed by atoms with Crippen molar-refractivity contribution in [2.24, 2.45) is 0 Å². The van der Waals surface area contributed by atoms with Gasteiger partial charge in [-0.25, -0.2) is 9.97 Å². The molecular formula is C28H35N7O4S. The van der Waals surface area contributed by atoms with E-state index in [2.05, 4.69) is 20.4 Å². The van der Waals surface area contributed by atoms with Gasteiger partial charge in [-0.05, 0) is 50.8 Å². The van der Waals surface area contributed by atoms with Crippen molar-refractivity contribution in [2.45, 2.75) is 58.0 Å². The molecule has 2 aliphatic heterocycles. The second kappa shape index (κ2) is 12.6. The molecule has 0 unspecified atom stereocenters. The van der Waals surface area contributed by atoms with E-state index in [1.807, 2.05) is 43.0 Å². The van der Waals surface area contributed by atoms with Crippen LogP contribution in [-0.4, -0.2) is 86.1 Å². The van der Waals surface area contributed by atoms with Crippen LogP contribution in [0.25, 0.3) is 0 Å². The van der Waals surface area contributed by atoms with Gasteiger partial charge in [-0.1, -0.05) is 12.1 Å². The number of amides is 3. The van der Waals surface area contributed by atoms with Crippen molar-refractivity contribution in [1.82, 2.24) is 34.9 Å². The molecule has 0 radical (unpaired) electrons. The Hall–Kier alpha value is -3.80. The van der Waals surface area contributed by atoms with E-state index >= 15 is 0 Å². The van der Waals surface area contributed by atoms with Crippen molar-refractivity contribution in [1.29, 1.82) is 0 Å². The number of aryl methyl sites for hydroxylation is 3. The first-order valence-electron chi connectivity index (χ1n) is 13.7. The number of fused-ring (bicyclic) bond motifs is 4. The SMILES string of the molecule is Cc1nc(C)c(C(=O)N2CCCCOc3cccc(c3)[C@H]3CN(C(=O)CCCn4cncn4)C[C@@H]3NC(=O)C2)s1. The van der Waals surface area contributed by atoms with E-state index in [0.29, 0.717) is 62.6 Å². The van der Waals surface area contributed by atoms with Crippen LogP contribution in [0, 0.1) is 13.8 Å². The maximum atomic E-state index is 13.4. The van der Waals surface area contributed by atoms with Gasteiger partial charge in [-0.2, -0.15) is 5.10 Å². The summed E-state index contributed by atoms with van der Waals surface area (Å²) in [5, 5.41) is 8.07. The fourth-order valence-corrected chi connectivity index (χ4v) is 6.26. The van der Waals surface area contributed by atoms with E-state index < -0.39 is 0 Å². The van der Waals surface area contributed by atoms with Crippen LogP contribution in [0.5, 0.6) is 5.75 Å². The molecule has 1 fully saturated rings. The van der Waals surface area contributed by atoms with Crippen LogP contribution in [0.4, 0.5) is 0 Å². The monoisotopic (exact) mass is 565 g/mol. The number of carbonyl (C=O) groups excluding carboxylic acids is 3. The Kier molecular flexibility index (Phi) is 8.73. The normalized spacial score (nSPS) is 19.9.